The molecule has 130 valence electrons. The first-order valence-corrected chi connectivity index (χ1v) is 8.25. The Hall–Kier alpha value is -2.87. The van der Waals surface area contributed by atoms with Crippen LogP contribution in [0.1, 0.15) is 17.4 Å². The monoisotopic (exact) mass is 341 g/mol. The Kier molecular flexibility index (Phi) is 4.10. The topological polar surface area (TPSA) is 94.1 Å². The number of carbonyl (C=O) groups is 1. The molecule has 0 radical (unpaired) electrons. The van der Waals surface area contributed by atoms with Gasteiger partial charge in [-0.25, -0.2) is 4.98 Å². The van der Waals surface area contributed by atoms with E-state index in [1.54, 1.807) is 23.1 Å². The number of H-pyrrole nitrogens is 1. The number of pyridine rings is 1. The van der Waals surface area contributed by atoms with Gasteiger partial charge in [-0.15, -0.1) is 0 Å². The third-order valence-electron chi connectivity index (χ3n) is 4.21. The summed E-state index contributed by atoms with van der Waals surface area (Å²) in [6, 6.07) is 5.25. The minimum absolute atomic E-state index is 0.237. The Morgan fingerprint density at radius 2 is 2.36 bits per heavy atom. The van der Waals surface area contributed by atoms with Crippen LogP contribution in [0.2, 0.25) is 0 Å². The number of carbonyl (C=O) groups excluding carboxylic acids is 1. The molecule has 0 saturated carbocycles. The van der Waals surface area contributed by atoms with Gasteiger partial charge in [0.25, 0.3) is 5.91 Å². The largest absolute Gasteiger partial charge is 0.482 e. The van der Waals surface area contributed by atoms with Crippen molar-refractivity contribution < 1.29 is 14.3 Å². The molecule has 1 aliphatic rings. The van der Waals surface area contributed by atoms with Crippen LogP contribution in [-0.2, 0) is 11.3 Å². The highest BCUT2D eigenvalue weighted by molar-refractivity contribution is 5.94. The van der Waals surface area contributed by atoms with Gasteiger partial charge in [-0.1, -0.05) is 0 Å². The smallest absolute Gasteiger partial charge is 0.270 e. The molecule has 3 aromatic heterocycles. The number of ether oxygens (including phenoxy) is 2. The fraction of sp³-hybridized carbons (Fsp3) is 0.353. The number of rotatable bonds is 5. The second-order valence-corrected chi connectivity index (χ2v) is 5.92. The summed E-state index contributed by atoms with van der Waals surface area (Å²) in [5.41, 5.74) is 1.05. The number of fused-ring (bicyclic) bond motifs is 1. The summed E-state index contributed by atoms with van der Waals surface area (Å²) in [4.78, 5) is 19.8. The number of aryl methyl sites for hydroxylation is 1. The van der Waals surface area contributed by atoms with Crippen LogP contribution >= 0.6 is 0 Å². The lowest BCUT2D eigenvalue weighted by Gasteiger charge is -2.19. The summed E-state index contributed by atoms with van der Waals surface area (Å²) in [6.45, 7) is 3.61. The first kappa shape index (κ1) is 15.6. The second-order valence-electron chi connectivity index (χ2n) is 5.92. The van der Waals surface area contributed by atoms with Crippen LogP contribution in [0.5, 0.6) is 5.75 Å². The van der Waals surface area contributed by atoms with Crippen molar-refractivity contribution >= 4 is 16.9 Å². The lowest BCUT2D eigenvalue weighted by molar-refractivity contribution is 0.0899. The van der Waals surface area contributed by atoms with Gasteiger partial charge in [0.15, 0.2) is 5.75 Å². The maximum atomic E-state index is 12.5. The van der Waals surface area contributed by atoms with Gasteiger partial charge < -0.3 is 19.8 Å². The average molecular weight is 341 g/mol. The van der Waals surface area contributed by atoms with E-state index < -0.39 is 0 Å². The van der Waals surface area contributed by atoms with E-state index in [4.69, 9.17) is 9.47 Å². The number of nitrogens with zero attached hydrogens (tertiary/aromatic N) is 3. The minimum atomic E-state index is -0.257. The highest BCUT2D eigenvalue weighted by Gasteiger charge is 2.32. The van der Waals surface area contributed by atoms with Crippen LogP contribution in [0, 0.1) is 0 Å². The van der Waals surface area contributed by atoms with Gasteiger partial charge in [0.2, 0.25) is 0 Å². The summed E-state index contributed by atoms with van der Waals surface area (Å²) in [5.74, 6) is 0.424. The first-order valence-electron chi connectivity index (χ1n) is 8.25. The molecule has 8 heteroatoms. The van der Waals surface area contributed by atoms with Crippen molar-refractivity contribution in [2.45, 2.75) is 25.6 Å². The average Bonchev–Trinajstić information content (AvgIpc) is 3.35. The van der Waals surface area contributed by atoms with E-state index >= 15 is 0 Å². The van der Waals surface area contributed by atoms with Crippen molar-refractivity contribution in [1.82, 2.24) is 25.1 Å². The molecule has 1 saturated heterocycles. The number of aromatic nitrogens is 4. The molecule has 2 atom stereocenters. The Labute approximate surface area is 144 Å². The predicted octanol–water partition coefficient (Wildman–Crippen LogP) is 1.36. The molecule has 2 N–H and O–H groups in total. The SMILES string of the molecule is CCn1cc(O[C@@H]2COC[C@@H]2NC(=O)c2ccc3cc[nH]c3n2)cn1. The Bertz CT molecular complexity index is 887. The van der Waals surface area contributed by atoms with E-state index in [2.05, 4.69) is 20.4 Å². The van der Waals surface area contributed by atoms with Gasteiger partial charge in [0.05, 0.1) is 31.6 Å². The van der Waals surface area contributed by atoms with Crippen LogP contribution in [-0.4, -0.2) is 51.0 Å². The summed E-state index contributed by atoms with van der Waals surface area (Å²) < 4.78 is 13.2. The predicted molar refractivity (Wildman–Crippen MR) is 90.5 cm³/mol. The lowest BCUT2D eigenvalue weighted by atomic mass is 10.2. The summed E-state index contributed by atoms with van der Waals surface area (Å²) in [5, 5.41) is 8.10. The van der Waals surface area contributed by atoms with Crippen LogP contribution in [0.3, 0.4) is 0 Å². The molecule has 3 aromatic rings. The normalized spacial score (nSPS) is 20.0. The van der Waals surface area contributed by atoms with E-state index in [9.17, 15) is 4.79 Å². The molecule has 4 heterocycles. The van der Waals surface area contributed by atoms with Crippen molar-refractivity contribution in [1.29, 1.82) is 0 Å². The molecule has 0 aromatic carbocycles. The van der Waals surface area contributed by atoms with Gasteiger partial charge in [-0.05, 0) is 25.1 Å². The van der Waals surface area contributed by atoms with Crippen molar-refractivity contribution in [2.75, 3.05) is 13.2 Å². The molecule has 0 bridgehead atoms. The zero-order valence-electron chi connectivity index (χ0n) is 13.8. The van der Waals surface area contributed by atoms with Gasteiger partial charge in [0.1, 0.15) is 17.4 Å². The van der Waals surface area contributed by atoms with Gasteiger partial charge >= 0.3 is 0 Å². The van der Waals surface area contributed by atoms with E-state index in [0.29, 0.717) is 30.3 Å². The zero-order chi connectivity index (χ0) is 17.2. The molecule has 25 heavy (non-hydrogen) atoms. The van der Waals surface area contributed by atoms with Gasteiger partial charge in [0, 0.05) is 18.1 Å². The molecule has 4 rings (SSSR count). The molecule has 8 nitrogen and oxygen atoms in total. The van der Waals surface area contributed by atoms with Crippen molar-refractivity contribution in [2.24, 2.45) is 0 Å². The van der Waals surface area contributed by atoms with Gasteiger partial charge in [-0.3, -0.25) is 9.48 Å². The van der Waals surface area contributed by atoms with Crippen LogP contribution < -0.4 is 10.1 Å². The van der Waals surface area contributed by atoms with Crippen LogP contribution in [0.25, 0.3) is 11.0 Å². The number of amides is 1. The Balaban J connectivity index is 1.43. The van der Waals surface area contributed by atoms with Crippen molar-refractivity contribution in [3.8, 4) is 5.75 Å². The summed E-state index contributed by atoms with van der Waals surface area (Å²) in [6.07, 6.45) is 5.04. The van der Waals surface area contributed by atoms with Gasteiger partial charge in [-0.2, -0.15) is 5.10 Å². The van der Waals surface area contributed by atoms with E-state index in [1.165, 1.54) is 0 Å². The number of nitrogens with one attached hydrogen (secondary N) is 2. The maximum Gasteiger partial charge on any atom is 0.270 e. The fourth-order valence-electron chi connectivity index (χ4n) is 2.84. The summed E-state index contributed by atoms with van der Waals surface area (Å²) >= 11 is 0. The van der Waals surface area contributed by atoms with Crippen molar-refractivity contribution in [3.63, 3.8) is 0 Å². The molecule has 1 amide bonds. The summed E-state index contributed by atoms with van der Waals surface area (Å²) in [7, 11) is 0. The standard InChI is InChI=1S/C17H19N5O3/c1-2-22-8-12(7-19-22)25-15-10-24-9-14(15)21-17(23)13-4-3-11-5-6-18-16(11)20-13/h3-8,14-15H,2,9-10H2,1H3,(H,18,20)(H,21,23)/t14-,15+/m0/s1. The quantitative estimate of drug-likeness (QED) is 0.731. The highest BCUT2D eigenvalue weighted by atomic mass is 16.5. The fourth-order valence-corrected chi connectivity index (χ4v) is 2.84. The van der Waals surface area contributed by atoms with Crippen LogP contribution in [0.4, 0.5) is 0 Å². The molecule has 0 aliphatic carbocycles. The molecular weight excluding hydrogens is 322 g/mol. The number of hydrogen-bond donors (Lipinski definition) is 2. The number of aromatic amines is 1. The molecule has 0 spiro atoms. The lowest BCUT2D eigenvalue weighted by Crippen LogP contribution is -2.45. The van der Waals surface area contributed by atoms with E-state index in [-0.39, 0.29) is 18.1 Å². The number of hydrogen-bond acceptors (Lipinski definition) is 5. The van der Waals surface area contributed by atoms with E-state index in [1.807, 2.05) is 25.3 Å². The maximum absolute atomic E-state index is 12.5. The zero-order valence-corrected chi connectivity index (χ0v) is 13.8. The van der Waals surface area contributed by atoms with Crippen LogP contribution in [0.15, 0.2) is 36.8 Å². The molecular formula is C17H19N5O3. The molecule has 0 unspecified atom stereocenters. The first-order chi connectivity index (χ1) is 12.2. The Morgan fingerprint density at radius 1 is 1.44 bits per heavy atom. The molecule has 1 aliphatic heterocycles. The minimum Gasteiger partial charge on any atom is -0.482 e. The Morgan fingerprint density at radius 3 is 3.20 bits per heavy atom. The van der Waals surface area contributed by atoms with E-state index in [0.717, 1.165) is 11.9 Å². The molecule has 1 fully saturated rings. The van der Waals surface area contributed by atoms with Crippen molar-refractivity contribution in [3.05, 3.63) is 42.5 Å². The third kappa shape index (κ3) is 3.20. The third-order valence-corrected chi connectivity index (χ3v) is 4.21. The second kappa shape index (κ2) is 6.56. The highest BCUT2D eigenvalue weighted by Crippen LogP contribution is 2.17.